The molecule has 1 amide bonds. The molecule has 9 heteroatoms. The summed E-state index contributed by atoms with van der Waals surface area (Å²) in [6, 6.07) is 5.01. The van der Waals surface area contributed by atoms with Crippen molar-refractivity contribution in [1.82, 2.24) is 20.3 Å². The number of nitrogens with one attached hydrogen (secondary N) is 1. The van der Waals surface area contributed by atoms with Gasteiger partial charge in [-0.2, -0.15) is 13.2 Å². The van der Waals surface area contributed by atoms with Gasteiger partial charge in [0, 0.05) is 13.2 Å². The standard InChI is InChI=1S/C19H23F3N4O2/c20-19(21,22)15-9-4-5-10-17(15)26-13-16(24-25-26)18(27)23-11-6-12-28-14-7-2-1-3-8-14/h4-5,9-10,13-14H,1-3,6-8,11-12H2,(H,23,27). The molecule has 1 saturated carbocycles. The van der Waals surface area contributed by atoms with Crippen LogP contribution in [-0.4, -0.2) is 40.2 Å². The van der Waals surface area contributed by atoms with Gasteiger partial charge in [-0.15, -0.1) is 5.10 Å². The summed E-state index contributed by atoms with van der Waals surface area (Å²) in [5.74, 6) is -0.478. The minimum atomic E-state index is -4.52. The average molecular weight is 396 g/mol. The molecule has 1 aliphatic carbocycles. The average Bonchev–Trinajstić information content (AvgIpc) is 3.18. The summed E-state index contributed by atoms with van der Waals surface area (Å²) in [6.45, 7) is 0.966. The van der Waals surface area contributed by atoms with E-state index in [-0.39, 0.29) is 11.4 Å². The summed E-state index contributed by atoms with van der Waals surface area (Å²) < 4.78 is 46.1. The lowest BCUT2D eigenvalue weighted by molar-refractivity contribution is -0.137. The van der Waals surface area contributed by atoms with E-state index in [0.717, 1.165) is 23.6 Å². The molecule has 0 unspecified atom stereocenters. The van der Waals surface area contributed by atoms with Gasteiger partial charge in [-0.1, -0.05) is 36.6 Å². The Morgan fingerprint density at radius 2 is 1.96 bits per heavy atom. The fourth-order valence-electron chi connectivity index (χ4n) is 3.25. The van der Waals surface area contributed by atoms with Crippen LogP contribution in [0.5, 0.6) is 0 Å². The highest BCUT2D eigenvalue weighted by Gasteiger charge is 2.34. The van der Waals surface area contributed by atoms with Crippen molar-refractivity contribution in [3.63, 3.8) is 0 Å². The Kier molecular flexibility index (Phi) is 6.66. The van der Waals surface area contributed by atoms with Gasteiger partial charge in [0.1, 0.15) is 0 Å². The van der Waals surface area contributed by atoms with Gasteiger partial charge in [-0.05, 0) is 31.4 Å². The third-order valence-electron chi connectivity index (χ3n) is 4.69. The summed E-state index contributed by atoms with van der Waals surface area (Å²) in [5.41, 5.74) is -1.06. The summed E-state index contributed by atoms with van der Waals surface area (Å²) >= 11 is 0. The molecular formula is C19H23F3N4O2. The van der Waals surface area contributed by atoms with Gasteiger partial charge >= 0.3 is 6.18 Å². The Morgan fingerprint density at radius 3 is 2.71 bits per heavy atom. The summed E-state index contributed by atoms with van der Waals surface area (Å²) in [4.78, 5) is 12.1. The SMILES string of the molecule is O=C(NCCCOC1CCCCC1)c1cn(-c2ccccc2C(F)(F)F)nn1. The molecule has 28 heavy (non-hydrogen) atoms. The molecule has 1 heterocycles. The first-order valence-electron chi connectivity index (χ1n) is 9.44. The van der Waals surface area contributed by atoms with Crippen LogP contribution in [0.3, 0.4) is 0 Å². The predicted molar refractivity (Wildman–Crippen MR) is 96.1 cm³/mol. The van der Waals surface area contributed by atoms with E-state index in [4.69, 9.17) is 4.74 Å². The lowest BCUT2D eigenvalue weighted by Gasteiger charge is -2.21. The Bertz CT molecular complexity index is 785. The van der Waals surface area contributed by atoms with Gasteiger partial charge in [0.25, 0.3) is 5.91 Å². The van der Waals surface area contributed by atoms with Gasteiger partial charge in [0.2, 0.25) is 0 Å². The lowest BCUT2D eigenvalue weighted by Crippen LogP contribution is -2.26. The normalized spacial score (nSPS) is 15.5. The van der Waals surface area contributed by atoms with Crippen LogP contribution < -0.4 is 5.32 Å². The molecule has 1 aromatic heterocycles. The van der Waals surface area contributed by atoms with Crippen molar-refractivity contribution in [2.24, 2.45) is 0 Å². The highest BCUT2D eigenvalue weighted by atomic mass is 19.4. The summed E-state index contributed by atoms with van der Waals surface area (Å²) in [6.07, 6.45) is 3.50. The molecule has 0 aliphatic heterocycles. The van der Waals surface area contributed by atoms with Gasteiger partial charge in [-0.25, -0.2) is 4.68 Å². The molecule has 3 rings (SSSR count). The first kappa shape index (κ1) is 20.3. The fraction of sp³-hybridized carbons (Fsp3) is 0.526. The van der Waals surface area contributed by atoms with Crippen LogP contribution >= 0.6 is 0 Å². The zero-order valence-electron chi connectivity index (χ0n) is 15.4. The third kappa shape index (κ3) is 5.31. The number of halogens is 3. The number of para-hydroxylation sites is 1. The van der Waals surface area contributed by atoms with Crippen molar-refractivity contribution in [3.8, 4) is 5.69 Å². The Hall–Kier alpha value is -2.42. The summed E-state index contributed by atoms with van der Waals surface area (Å²) in [7, 11) is 0. The van der Waals surface area contributed by atoms with Crippen LogP contribution in [0.25, 0.3) is 5.69 Å². The van der Waals surface area contributed by atoms with Crippen LogP contribution in [0.4, 0.5) is 13.2 Å². The molecule has 0 atom stereocenters. The van der Waals surface area contributed by atoms with Gasteiger partial charge in [0.15, 0.2) is 5.69 Å². The molecule has 6 nitrogen and oxygen atoms in total. The van der Waals surface area contributed by atoms with Crippen LogP contribution in [-0.2, 0) is 10.9 Å². The van der Waals surface area contributed by atoms with E-state index >= 15 is 0 Å². The fourth-order valence-corrected chi connectivity index (χ4v) is 3.25. The maximum atomic E-state index is 13.1. The monoisotopic (exact) mass is 396 g/mol. The minimum Gasteiger partial charge on any atom is -0.378 e. The van der Waals surface area contributed by atoms with E-state index in [2.05, 4.69) is 15.6 Å². The molecule has 1 aromatic carbocycles. The van der Waals surface area contributed by atoms with E-state index in [0.29, 0.717) is 25.7 Å². The van der Waals surface area contributed by atoms with E-state index in [1.165, 1.54) is 43.7 Å². The largest absolute Gasteiger partial charge is 0.418 e. The van der Waals surface area contributed by atoms with Crippen molar-refractivity contribution in [2.75, 3.05) is 13.2 Å². The molecule has 1 fully saturated rings. The molecule has 1 N–H and O–H groups in total. The quantitative estimate of drug-likeness (QED) is 0.724. The number of hydrogen-bond donors (Lipinski definition) is 1. The maximum absolute atomic E-state index is 13.1. The van der Waals surface area contributed by atoms with Crippen molar-refractivity contribution in [2.45, 2.75) is 50.8 Å². The van der Waals surface area contributed by atoms with E-state index in [1.807, 2.05) is 0 Å². The van der Waals surface area contributed by atoms with Crippen molar-refractivity contribution >= 4 is 5.91 Å². The predicted octanol–water partition coefficient (Wildman–Crippen LogP) is 3.76. The summed E-state index contributed by atoms with van der Waals surface area (Å²) in [5, 5.41) is 10.0. The third-order valence-corrected chi connectivity index (χ3v) is 4.69. The number of nitrogens with zero attached hydrogens (tertiary/aromatic N) is 3. The van der Waals surface area contributed by atoms with E-state index in [1.54, 1.807) is 0 Å². The van der Waals surface area contributed by atoms with E-state index in [9.17, 15) is 18.0 Å². The topological polar surface area (TPSA) is 69.0 Å². The second kappa shape index (κ2) is 9.18. The van der Waals surface area contributed by atoms with Crippen molar-refractivity contribution in [1.29, 1.82) is 0 Å². The van der Waals surface area contributed by atoms with Crippen LogP contribution in [0.2, 0.25) is 0 Å². The first-order valence-corrected chi connectivity index (χ1v) is 9.44. The molecule has 152 valence electrons. The van der Waals surface area contributed by atoms with Gasteiger partial charge < -0.3 is 10.1 Å². The number of carbonyl (C=O) groups excluding carboxylic acids is 1. The number of alkyl halides is 3. The molecule has 0 radical (unpaired) electrons. The molecule has 0 bridgehead atoms. The Labute approximate surface area is 161 Å². The number of amides is 1. The molecule has 2 aromatic rings. The first-order chi connectivity index (χ1) is 13.4. The molecule has 1 aliphatic rings. The zero-order chi connectivity index (χ0) is 20.0. The minimum absolute atomic E-state index is 0.0369. The molecular weight excluding hydrogens is 373 g/mol. The zero-order valence-corrected chi connectivity index (χ0v) is 15.4. The van der Waals surface area contributed by atoms with Crippen molar-refractivity contribution < 1.29 is 22.7 Å². The van der Waals surface area contributed by atoms with Gasteiger partial charge in [-0.3, -0.25) is 4.79 Å². The van der Waals surface area contributed by atoms with E-state index < -0.39 is 17.6 Å². The number of ether oxygens (including phenoxy) is 1. The lowest BCUT2D eigenvalue weighted by atomic mass is 9.98. The van der Waals surface area contributed by atoms with Crippen molar-refractivity contribution in [3.05, 3.63) is 41.7 Å². The highest BCUT2D eigenvalue weighted by molar-refractivity contribution is 5.91. The smallest absolute Gasteiger partial charge is 0.378 e. The highest BCUT2D eigenvalue weighted by Crippen LogP contribution is 2.33. The Balaban J connectivity index is 1.51. The van der Waals surface area contributed by atoms with Crippen LogP contribution in [0, 0.1) is 0 Å². The number of carbonyl (C=O) groups is 1. The van der Waals surface area contributed by atoms with Gasteiger partial charge in [0.05, 0.1) is 23.6 Å². The molecule has 0 spiro atoms. The maximum Gasteiger partial charge on any atom is 0.418 e. The number of rotatable bonds is 7. The van der Waals surface area contributed by atoms with Crippen LogP contribution in [0.15, 0.2) is 30.5 Å². The number of hydrogen-bond acceptors (Lipinski definition) is 4. The second-order valence-electron chi connectivity index (χ2n) is 6.80. The second-order valence-corrected chi connectivity index (χ2v) is 6.80. The number of aromatic nitrogens is 3. The Morgan fingerprint density at radius 1 is 1.21 bits per heavy atom. The number of benzene rings is 1. The van der Waals surface area contributed by atoms with Crippen LogP contribution in [0.1, 0.15) is 54.6 Å². The molecule has 0 saturated heterocycles.